The Morgan fingerprint density at radius 3 is 2.27 bits per heavy atom. The van der Waals surface area contributed by atoms with E-state index in [2.05, 4.69) is 0 Å². The topological polar surface area (TPSA) is 80.5 Å². The van der Waals surface area contributed by atoms with E-state index in [1.165, 1.54) is 31.3 Å². The van der Waals surface area contributed by atoms with Gasteiger partial charge in [-0.15, -0.1) is 0 Å². The van der Waals surface area contributed by atoms with Crippen LogP contribution in [0.4, 0.5) is 5.69 Å². The summed E-state index contributed by atoms with van der Waals surface area (Å²) in [5, 5.41) is 11.0. The predicted molar refractivity (Wildman–Crippen MR) is 83.1 cm³/mol. The maximum atomic E-state index is 12.5. The molecule has 22 heavy (non-hydrogen) atoms. The van der Waals surface area contributed by atoms with Gasteiger partial charge in [0.1, 0.15) is 0 Å². The third kappa shape index (κ3) is 3.49. The zero-order chi connectivity index (χ0) is 16.2. The summed E-state index contributed by atoms with van der Waals surface area (Å²) >= 11 is 0. The summed E-state index contributed by atoms with van der Waals surface area (Å²) in [7, 11) is -2.47. The number of para-hydroxylation sites is 1. The number of sulfonamides is 1. The van der Waals surface area contributed by atoms with Gasteiger partial charge in [-0.2, -0.15) is 0 Å². The molecule has 116 valence electrons. The van der Waals surface area contributed by atoms with Crippen LogP contribution in [0.1, 0.15) is 5.56 Å². The number of hydrogen-bond acceptors (Lipinski definition) is 4. The number of hydrogen-bond donors (Lipinski definition) is 0. The van der Waals surface area contributed by atoms with Crippen LogP contribution in [0.25, 0.3) is 0 Å². The molecule has 2 aromatic carbocycles. The maximum Gasteiger partial charge on any atom is 0.289 e. The van der Waals surface area contributed by atoms with Crippen molar-refractivity contribution in [3.05, 3.63) is 70.3 Å². The van der Waals surface area contributed by atoms with Crippen LogP contribution in [0.15, 0.2) is 59.5 Å². The highest BCUT2D eigenvalue weighted by molar-refractivity contribution is 7.89. The highest BCUT2D eigenvalue weighted by atomic mass is 32.2. The van der Waals surface area contributed by atoms with Crippen LogP contribution in [0.5, 0.6) is 0 Å². The van der Waals surface area contributed by atoms with Gasteiger partial charge in [0.2, 0.25) is 10.0 Å². The molecule has 0 unspecified atom stereocenters. The van der Waals surface area contributed by atoms with Crippen LogP contribution >= 0.6 is 0 Å². The summed E-state index contributed by atoms with van der Waals surface area (Å²) in [6, 6.07) is 14.8. The Morgan fingerprint density at radius 2 is 1.64 bits per heavy atom. The minimum Gasteiger partial charge on any atom is -0.258 e. The van der Waals surface area contributed by atoms with Crippen LogP contribution in [-0.2, 0) is 16.4 Å². The molecule has 0 spiro atoms. The van der Waals surface area contributed by atoms with Crippen molar-refractivity contribution in [2.45, 2.75) is 11.3 Å². The van der Waals surface area contributed by atoms with Gasteiger partial charge < -0.3 is 0 Å². The predicted octanol–water partition coefficient (Wildman–Crippen LogP) is 2.46. The Bertz CT molecular complexity index is 760. The van der Waals surface area contributed by atoms with E-state index in [0.717, 1.165) is 9.87 Å². The molecule has 2 aromatic rings. The molecule has 0 amide bonds. The van der Waals surface area contributed by atoms with E-state index in [4.69, 9.17) is 0 Å². The fourth-order valence-electron chi connectivity index (χ4n) is 2.05. The van der Waals surface area contributed by atoms with E-state index in [1.807, 2.05) is 30.3 Å². The molecular formula is C15H16N2O4S. The molecule has 0 aliphatic carbocycles. The quantitative estimate of drug-likeness (QED) is 0.605. The van der Waals surface area contributed by atoms with Crippen molar-refractivity contribution in [1.29, 1.82) is 0 Å². The Labute approximate surface area is 129 Å². The van der Waals surface area contributed by atoms with Crippen molar-refractivity contribution in [1.82, 2.24) is 4.31 Å². The first kappa shape index (κ1) is 16.1. The zero-order valence-corrected chi connectivity index (χ0v) is 12.9. The van der Waals surface area contributed by atoms with E-state index in [-0.39, 0.29) is 11.4 Å². The molecule has 0 atom stereocenters. The van der Waals surface area contributed by atoms with Gasteiger partial charge in [0, 0.05) is 19.7 Å². The first-order valence-electron chi connectivity index (χ1n) is 6.66. The molecule has 0 aliphatic heterocycles. The van der Waals surface area contributed by atoms with Crippen LogP contribution in [0, 0.1) is 10.1 Å². The second-order valence-corrected chi connectivity index (χ2v) is 6.80. The summed E-state index contributed by atoms with van der Waals surface area (Å²) in [4.78, 5) is 10.0. The van der Waals surface area contributed by atoms with Crippen LogP contribution in [0.2, 0.25) is 0 Å². The van der Waals surface area contributed by atoms with Gasteiger partial charge in [0.05, 0.1) is 4.92 Å². The van der Waals surface area contributed by atoms with Crippen molar-refractivity contribution < 1.29 is 13.3 Å². The SMILES string of the molecule is CN(CCc1ccccc1)S(=O)(=O)c1ccccc1[N+](=O)[O-]. The molecule has 0 bridgehead atoms. The number of benzene rings is 2. The lowest BCUT2D eigenvalue weighted by Gasteiger charge is -2.17. The molecule has 2 rings (SSSR count). The lowest BCUT2D eigenvalue weighted by atomic mass is 10.2. The fourth-order valence-corrected chi connectivity index (χ4v) is 3.37. The zero-order valence-electron chi connectivity index (χ0n) is 12.0. The number of likely N-dealkylation sites (N-methyl/N-ethyl adjacent to an activating group) is 1. The Kier molecular flexibility index (Phi) is 4.89. The largest absolute Gasteiger partial charge is 0.289 e. The van der Waals surface area contributed by atoms with Crippen molar-refractivity contribution in [3.63, 3.8) is 0 Å². The van der Waals surface area contributed by atoms with Gasteiger partial charge in [-0.05, 0) is 18.1 Å². The first-order chi connectivity index (χ1) is 10.4. The van der Waals surface area contributed by atoms with Crippen molar-refractivity contribution in [2.75, 3.05) is 13.6 Å². The fraction of sp³-hybridized carbons (Fsp3) is 0.200. The molecule has 6 nitrogen and oxygen atoms in total. The van der Waals surface area contributed by atoms with Crippen LogP contribution < -0.4 is 0 Å². The summed E-state index contributed by atoms with van der Waals surface area (Å²) in [6.07, 6.45) is 0.539. The molecule has 7 heteroatoms. The van der Waals surface area contributed by atoms with Crippen LogP contribution in [-0.4, -0.2) is 31.2 Å². The summed E-state index contributed by atoms with van der Waals surface area (Å²) in [6.45, 7) is 0.248. The van der Waals surface area contributed by atoms with E-state index in [9.17, 15) is 18.5 Å². The molecule has 0 heterocycles. The van der Waals surface area contributed by atoms with Crippen molar-refractivity contribution in [3.8, 4) is 0 Å². The molecule has 0 N–H and O–H groups in total. The summed E-state index contributed by atoms with van der Waals surface area (Å²) in [5.74, 6) is 0. The Balaban J connectivity index is 2.21. The Morgan fingerprint density at radius 1 is 1.05 bits per heavy atom. The molecular weight excluding hydrogens is 304 g/mol. The van der Waals surface area contributed by atoms with E-state index >= 15 is 0 Å². The number of nitrogens with zero attached hydrogens (tertiary/aromatic N) is 2. The average Bonchev–Trinajstić information content (AvgIpc) is 2.53. The number of nitro groups is 1. The van der Waals surface area contributed by atoms with E-state index in [1.54, 1.807) is 0 Å². The molecule has 0 aliphatic rings. The standard InChI is InChI=1S/C15H16N2O4S/c1-16(12-11-13-7-3-2-4-8-13)22(20,21)15-10-6-5-9-14(15)17(18)19/h2-10H,11-12H2,1H3. The smallest absolute Gasteiger partial charge is 0.258 e. The van der Waals surface area contributed by atoms with E-state index in [0.29, 0.717) is 6.42 Å². The molecule has 0 saturated heterocycles. The number of nitro benzene ring substituents is 1. The molecule has 0 fully saturated rings. The third-order valence-corrected chi connectivity index (χ3v) is 5.21. The number of rotatable bonds is 6. The summed E-state index contributed by atoms with van der Waals surface area (Å²) in [5.41, 5.74) is 0.598. The van der Waals surface area contributed by atoms with Gasteiger partial charge in [-0.1, -0.05) is 42.5 Å². The molecule has 0 aromatic heterocycles. The average molecular weight is 320 g/mol. The molecule has 0 radical (unpaired) electrons. The molecule has 0 saturated carbocycles. The minimum atomic E-state index is -3.89. The normalized spacial score (nSPS) is 11.5. The summed E-state index contributed by atoms with van der Waals surface area (Å²) < 4.78 is 26.1. The maximum absolute atomic E-state index is 12.5. The van der Waals surface area contributed by atoms with E-state index < -0.39 is 20.6 Å². The van der Waals surface area contributed by atoms with Gasteiger partial charge in [0.25, 0.3) is 5.69 Å². The van der Waals surface area contributed by atoms with Gasteiger partial charge in [-0.3, -0.25) is 10.1 Å². The second-order valence-electron chi connectivity index (χ2n) is 4.79. The highest BCUT2D eigenvalue weighted by Crippen LogP contribution is 2.25. The second kappa shape index (κ2) is 6.67. The van der Waals surface area contributed by atoms with Crippen LogP contribution in [0.3, 0.4) is 0 Å². The van der Waals surface area contributed by atoms with Crippen molar-refractivity contribution >= 4 is 15.7 Å². The van der Waals surface area contributed by atoms with Gasteiger partial charge >= 0.3 is 0 Å². The monoisotopic (exact) mass is 320 g/mol. The highest BCUT2D eigenvalue weighted by Gasteiger charge is 2.28. The first-order valence-corrected chi connectivity index (χ1v) is 8.10. The minimum absolute atomic E-state index is 0.248. The van der Waals surface area contributed by atoms with Gasteiger partial charge in [0.15, 0.2) is 4.90 Å². The van der Waals surface area contributed by atoms with Gasteiger partial charge in [-0.25, -0.2) is 12.7 Å². The Hall–Kier alpha value is -2.25. The lowest BCUT2D eigenvalue weighted by molar-refractivity contribution is -0.387. The third-order valence-electron chi connectivity index (χ3n) is 3.31. The lowest BCUT2D eigenvalue weighted by Crippen LogP contribution is -2.29. The van der Waals surface area contributed by atoms with Crippen molar-refractivity contribution in [2.24, 2.45) is 0 Å².